The summed E-state index contributed by atoms with van der Waals surface area (Å²) in [5.74, 6) is -0.199. The molecule has 10 nitrogen and oxygen atoms in total. The van der Waals surface area contributed by atoms with E-state index in [2.05, 4.69) is 9.72 Å². The molecule has 0 atom stereocenters. The van der Waals surface area contributed by atoms with Crippen molar-refractivity contribution < 1.29 is 32.2 Å². The number of rotatable bonds is 10. The fraction of sp³-hybridized carbons (Fsp3) is 0.350. The smallest absolute Gasteiger partial charge is 0.325 e. The molecule has 1 aromatic carbocycles. The Balaban J connectivity index is 2.25. The largest absolute Gasteiger partial charge is 0.497 e. The van der Waals surface area contributed by atoms with E-state index in [-0.39, 0.29) is 18.0 Å². The van der Waals surface area contributed by atoms with Crippen LogP contribution in [0.15, 0.2) is 47.6 Å². The number of hydrogen-bond donors (Lipinski definition) is 0. The molecule has 0 spiro atoms. The SMILES string of the molecule is COC(=O)CN(Cc1cc(OC)cc(OC)c1)C(=O)CN(C)S(=O)(=O)c1cccnc1. The Kier molecular flexibility index (Phi) is 8.34. The van der Waals surface area contributed by atoms with Gasteiger partial charge in [-0.2, -0.15) is 4.31 Å². The third kappa shape index (κ3) is 6.40. The van der Waals surface area contributed by atoms with Crippen LogP contribution in [0.1, 0.15) is 5.56 Å². The molecule has 0 saturated carbocycles. The van der Waals surface area contributed by atoms with Crippen LogP contribution in [-0.4, -0.2) is 75.9 Å². The fourth-order valence-electron chi connectivity index (χ4n) is 2.69. The van der Waals surface area contributed by atoms with Crippen LogP contribution in [0.2, 0.25) is 0 Å². The van der Waals surface area contributed by atoms with Gasteiger partial charge in [0, 0.05) is 32.1 Å². The van der Waals surface area contributed by atoms with Gasteiger partial charge >= 0.3 is 5.97 Å². The summed E-state index contributed by atoms with van der Waals surface area (Å²) in [5, 5.41) is 0. The predicted molar refractivity (Wildman–Crippen MR) is 111 cm³/mol. The summed E-state index contributed by atoms with van der Waals surface area (Å²) in [4.78, 5) is 29.8. The van der Waals surface area contributed by atoms with Crippen LogP contribution in [0, 0.1) is 0 Å². The summed E-state index contributed by atoms with van der Waals surface area (Å²) in [5.41, 5.74) is 0.631. The number of carbonyl (C=O) groups is 2. The molecule has 0 fully saturated rings. The van der Waals surface area contributed by atoms with Crippen molar-refractivity contribution in [2.45, 2.75) is 11.4 Å². The maximum atomic E-state index is 12.9. The topological polar surface area (TPSA) is 115 Å². The molecule has 31 heavy (non-hydrogen) atoms. The van der Waals surface area contributed by atoms with Crippen LogP contribution in [0.5, 0.6) is 11.5 Å². The maximum absolute atomic E-state index is 12.9. The molecule has 168 valence electrons. The van der Waals surface area contributed by atoms with E-state index in [1.807, 2.05) is 0 Å². The number of pyridine rings is 1. The number of hydrogen-bond acceptors (Lipinski definition) is 8. The third-order valence-electron chi connectivity index (χ3n) is 4.39. The van der Waals surface area contributed by atoms with Crippen LogP contribution in [0.4, 0.5) is 0 Å². The second-order valence-electron chi connectivity index (χ2n) is 6.50. The molecule has 0 unspecified atom stereocenters. The lowest BCUT2D eigenvalue weighted by Gasteiger charge is -2.25. The van der Waals surface area contributed by atoms with Crippen LogP contribution < -0.4 is 9.47 Å². The Labute approximate surface area is 181 Å². The number of nitrogens with zero attached hydrogens (tertiary/aromatic N) is 3. The van der Waals surface area contributed by atoms with E-state index in [1.54, 1.807) is 18.2 Å². The molecular formula is C20H25N3O7S. The molecule has 11 heteroatoms. The van der Waals surface area contributed by atoms with Crippen LogP contribution >= 0.6 is 0 Å². The second kappa shape index (κ2) is 10.7. The zero-order chi connectivity index (χ0) is 23.0. The first-order valence-corrected chi connectivity index (χ1v) is 10.6. The third-order valence-corrected chi connectivity index (χ3v) is 6.17. The van der Waals surface area contributed by atoms with Gasteiger partial charge < -0.3 is 19.1 Å². The fourth-order valence-corrected chi connectivity index (χ4v) is 3.77. The minimum atomic E-state index is -3.93. The molecule has 0 aliphatic heterocycles. The van der Waals surface area contributed by atoms with Gasteiger partial charge in [-0.25, -0.2) is 8.42 Å². The lowest BCUT2D eigenvalue weighted by molar-refractivity contribution is -0.147. The van der Waals surface area contributed by atoms with Gasteiger partial charge in [0.15, 0.2) is 0 Å². The molecular weight excluding hydrogens is 426 g/mol. The van der Waals surface area contributed by atoms with Gasteiger partial charge in [0.05, 0.1) is 27.9 Å². The van der Waals surface area contributed by atoms with Crippen LogP contribution in [0.3, 0.4) is 0 Å². The lowest BCUT2D eigenvalue weighted by atomic mass is 10.2. The summed E-state index contributed by atoms with van der Waals surface area (Å²) >= 11 is 0. The van der Waals surface area contributed by atoms with Crippen molar-refractivity contribution in [1.29, 1.82) is 0 Å². The van der Waals surface area contributed by atoms with E-state index in [1.165, 1.54) is 57.8 Å². The molecule has 1 aromatic heterocycles. The highest BCUT2D eigenvalue weighted by Crippen LogP contribution is 2.23. The van der Waals surface area contributed by atoms with E-state index in [0.717, 1.165) is 4.31 Å². The van der Waals surface area contributed by atoms with E-state index in [4.69, 9.17) is 9.47 Å². The average Bonchev–Trinajstić information content (AvgIpc) is 2.78. The van der Waals surface area contributed by atoms with Crippen molar-refractivity contribution in [2.24, 2.45) is 0 Å². The molecule has 0 bridgehead atoms. The Morgan fingerprint density at radius 3 is 2.19 bits per heavy atom. The number of esters is 1. The van der Waals surface area contributed by atoms with Crippen molar-refractivity contribution in [1.82, 2.24) is 14.2 Å². The second-order valence-corrected chi connectivity index (χ2v) is 8.54. The normalized spacial score (nSPS) is 11.1. The average molecular weight is 452 g/mol. The monoisotopic (exact) mass is 451 g/mol. The number of sulfonamides is 1. The summed E-state index contributed by atoms with van der Waals surface area (Å²) in [6.07, 6.45) is 2.65. The van der Waals surface area contributed by atoms with Gasteiger partial charge in [0.25, 0.3) is 0 Å². The Morgan fingerprint density at radius 1 is 1.03 bits per heavy atom. The molecule has 2 aromatic rings. The maximum Gasteiger partial charge on any atom is 0.325 e. The Morgan fingerprint density at radius 2 is 1.68 bits per heavy atom. The Bertz CT molecular complexity index is 990. The highest BCUT2D eigenvalue weighted by Gasteiger charge is 2.27. The zero-order valence-corrected chi connectivity index (χ0v) is 18.6. The van der Waals surface area contributed by atoms with Gasteiger partial charge in [0.1, 0.15) is 22.9 Å². The molecule has 0 saturated heterocycles. The van der Waals surface area contributed by atoms with Crippen molar-refractivity contribution in [3.63, 3.8) is 0 Å². The van der Waals surface area contributed by atoms with E-state index < -0.39 is 28.4 Å². The quantitative estimate of drug-likeness (QED) is 0.490. The summed E-state index contributed by atoms with van der Waals surface area (Å²) in [6, 6.07) is 7.93. The molecule has 0 aliphatic carbocycles. The number of aromatic nitrogens is 1. The summed E-state index contributed by atoms with van der Waals surface area (Å²) in [7, 11) is 1.55. The van der Waals surface area contributed by atoms with Crippen molar-refractivity contribution in [2.75, 3.05) is 41.5 Å². The van der Waals surface area contributed by atoms with E-state index in [9.17, 15) is 18.0 Å². The zero-order valence-electron chi connectivity index (χ0n) is 17.8. The Hall–Kier alpha value is -3.18. The summed E-state index contributed by atoms with van der Waals surface area (Å²) < 4.78 is 41.4. The van der Waals surface area contributed by atoms with Crippen LogP contribution in [0.25, 0.3) is 0 Å². The number of benzene rings is 1. The summed E-state index contributed by atoms with van der Waals surface area (Å²) in [6.45, 7) is -0.812. The molecule has 0 radical (unpaired) electrons. The van der Waals surface area contributed by atoms with Gasteiger partial charge in [-0.05, 0) is 29.8 Å². The van der Waals surface area contributed by atoms with Gasteiger partial charge in [-0.3, -0.25) is 14.6 Å². The van der Waals surface area contributed by atoms with Gasteiger partial charge in [-0.15, -0.1) is 0 Å². The van der Waals surface area contributed by atoms with Crippen LogP contribution in [-0.2, 0) is 30.9 Å². The number of amides is 1. The highest BCUT2D eigenvalue weighted by atomic mass is 32.2. The number of carbonyl (C=O) groups excluding carboxylic acids is 2. The minimum Gasteiger partial charge on any atom is -0.497 e. The van der Waals surface area contributed by atoms with Gasteiger partial charge in [-0.1, -0.05) is 0 Å². The van der Waals surface area contributed by atoms with Crippen molar-refractivity contribution in [3.05, 3.63) is 48.3 Å². The number of ether oxygens (including phenoxy) is 3. The first kappa shape index (κ1) is 24.1. The lowest BCUT2D eigenvalue weighted by Crippen LogP contribution is -2.43. The minimum absolute atomic E-state index is 0.0161. The number of methoxy groups -OCH3 is 3. The standard InChI is InChI=1S/C20H25N3O7S/c1-22(31(26,27)18-6-5-7-21-11-18)13-19(24)23(14-20(25)30-4)12-15-8-16(28-2)10-17(9-15)29-3/h5-11H,12-14H2,1-4H3. The van der Waals surface area contributed by atoms with Crippen molar-refractivity contribution in [3.8, 4) is 11.5 Å². The first-order valence-electron chi connectivity index (χ1n) is 9.14. The van der Waals surface area contributed by atoms with E-state index >= 15 is 0 Å². The number of likely N-dealkylation sites (N-methyl/N-ethyl adjacent to an activating group) is 1. The highest BCUT2D eigenvalue weighted by molar-refractivity contribution is 7.89. The molecule has 2 rings (SSSR count). The molecule has 1 amide bonds. The van der Waals surface area contributed by atoms with E-state index in [0.29, 0.717) is 17.1 Å². The van der Waals surface area contributed by atoms with Crippen molar-refractivity contribution >= 4 is 21.9 Å². The molecule has 0 N–H and O–H groups in total. The van der Waals surface area contributed by atoms with Gasteiger partial charge in [0.2, 0.25) is 15.9 Å². The molecule has 1 heterocycles. The first-order chi connectivity index (χ1) is 14.7. The molecule has 0 aliphatic rings. The predicted octanol–water partition coefficient (Wildman–Crippen LogP) is 0.921.